The number of nitrogens with one attached hydrogen (secondary N) is 1. The Balaban J connectivity index is 1.69. The van der Waals surface area contributed by atoms with Crippen LogP contribution >= 0.6 is 11.6 Å². The summed E-state index contributed by atoms with van der Waals surface area (Å²) in [7, 11) is 0. The Morgan fingerprint density at radius 1 is 1.31 bits per heavy atom. The second-order valence-corrected chi connectivity index (χ2v) is 6.37. The van der Waals surface area contributed by atoms with Crippen LogP contribution in [0.4, 0.5) is 0 Å². The highest BCUT2D eigenvalue weighted by Gasteiger charge is 2.13. The number of carbonyl (C=O) groups excluding carboxylic acids is 1. The first-order valence-corrected chi connectivity index (χ1v) is 8.71. The van der Waals surface area contributed by atoms with Gasteiger partial charge in [-0.25, -0.2) is 4.68 Å². The van der Waals surface area contributed by atoms with Gasteiger partial charge in [-0.15, -0.1) is 0 Å². The van der Waals surface area contributed by atoms with Crippen LogP contribution < -0.4 is 5.32 Å². The first kappa shape index (κ1) is 18.0. The van der Waals surface area contributed by atoms with E-state index in [1.807, 2.05) is 50.2 Å². The van der Waals surface area contributed by atoms with E-state index in [0.717, 1.165) is 16.8 Å². The standard InChI is InChI=1S/C20H20ClN3O2/c1-14-17(10-11-19(25)22-15(2)18-9-6-12-26-18)20(21)24(23-14)13-16-7-4-3-5-8-16/h3-12,15H,13H2,1-2H3,(H,22,25)/b11-10+/t15-/m1/s1. The van der Waals surface area contributed by atoms with Crippen LogP contribution in [0.25, 0.3) is 6.08 Å². The van der Waals surface area contributed by atoms with E-state index in [1.165, 1.54) is 6.08 Å². The number of aromatic nitrogens is 2. The van der Waals surface area contributed by atoms with Gasteiger partial charge in [-0.3, -0.25) is 4.79 Å². The molecule has 0 unspecified atom stereocenters. The largest absolute Gasteiger partial charge is 0.467 e. The predicted octanol–water partition coefficient (Wildman–Crippen LogP) is 4.38. The lowest BCUT2D eigenvalue weighted by Crippen LogP contribution is -2.24. The molecule has 5 nitrogen and oxygen atoms in total. The number of hydrogen-bond acceptors (Lipinski definition) is 3. The van der Waals surface area contributed by atoms with E-state index >= 15 is 0 Å². The normalized spacial score (nSPS) is 12.4. The predicted molar refractivity (Wildman–Crippen MR) is 102 cm³/mol. The average Bonchev–Trinajstić information content (AvgIpc) is 3.24. The maximum absolute atomic E-state index is 12.1. The van der Waals surface area contributed by atoms with Gasteiger partial charge >= 0.3 is 0 Å². The zero-order valence-electron chi connectivity index (χ0n) is 14.6. The summed E-state index contributed by atoms with van der Waals surface area (Å²) in [5, 5.41) is 7.83. The Labute approximate surface area is 157 Å². The number of aryl methyl sites for hydroxylation is 1. The molecule has 0 aliphatic heterocycles. The summed E-state index contributed by atoms with van der Waals surface area (Å²) >= 11 is 6.45. The lowest BCUT2D eigenvalue weighted by atomic mass is 10.2. The van der Waals surface area contributed by atoms with Gasteiger partial charge in [0.15, 0.2) is 0 Å². The molecule has 1 amide bonds. The van der Waals surface area contributed by atoms with Crippen molar-refractivity contribution in [2.24, 2.45) is 0 Å². The lowest BCUT2D eigenvalue weighted by Gasteiger charge is -2.08. The van der Waals surface area contributed by atoms with E-state index in [-0.39, 0.29) is 11.9 Å². The molecule has 0 bridgehead atoms. The second kappa shape index (κ2) is 8.06. The molecule has 0 saturated carbocycles. The fourth-order valence-electron chi connectivity index (χ4n) is 2.65. The molecule has 0 aliphatic carbocycles. The second-order valence-electron chi connectivity index (χ2n) is 6.01. The van der Waals surface area contributed by atoms with Crippen LogP contribution in [-0.2, 0) is 11.3 Å². The highest BCUT2D eigenvalue weighted by Crippen LogP contribution is 2.22. The maximum Gasteiger partial charge on any atom is 0.244 e. The highest BCUT2D eigenvalue weighted by atomic mass is 35.5. The number of hydrogen-bond donors (Lipinski definition) is 1. The number of furan rings is 1. The third kappa shape index (κ3) is 4.24. The average molecular weight is 370 g/mol. The SMILES string of the molecule is Cc1nn(Cc2ccccc2)c(Cl)c1/C=C/C(=O)N[C@H](C)c1ccco1. The fraction of sp³-hybridized carbons (Fsp3) is 0.200. The summed E-state index contributed by atoms with van der Waals surface area (Å²) in [6.45, 7) is 4.31. The molecule has 134 valence electrons. The maximum atomic E-state index is 12.1. The zero-order valence-corrected chi connectivity index (χ0v) is 15.4. The first-order valence-electron chi connectivity index (χ1n) is 8.33. The van der Waals surface area contributed by atoms with Gasteiger partial charge in [0.2, 0.25) is 5.91 Å². The Hall–Kier alpha value is -2.79. The summed E-state index contributed by atoms with van der Waals surface area (Å²) in [5.41, 5.74) is 2.62. The van der Waals surface area contributed by atoms with Crippen molar-refractivity contribution in [3.05, 3.63) is 82.5 Å². The number of amides is 1. The molecule has 6 heteroatoms. The van der Waals surface area contributed by atoms with Gasteiger partial charge in [-0.1, -0.05) is 41.9 Å². The van der Waals surface area contributed by atoms with Gasteiger partial charge in [0.1, 0.15) is 10.9 Å². The van der Waals surface area contributed by atoms with E-state index in [2.05, 4.69) is 10.4 Å². The van der Waals surface area contributed by atoms with Gasteiger partial charge in [0.05, 0.1) is 24.5 Å². The van der Waals surface area contributed by atoms with Gasteiger partial charge in [0.25, 0.3) is 0 Å². The molecule has 2 heterocycles. The Morgan fingerprint density at radius 3 is 2.77 bits per heavy atom. The minimum atomic E-state index is -0.222. The Morgan fingerprint density at radius 2 is 2.08 bits per heavy atom. The van der Waals surface area contributed by atoms with Crippen molar-refractivity contribution in [2.45, 2.75) is 26.4 Å². The summed E-state index contributed by atoms with van der Waals surface area (Å²) in [6, 6.07) is 13.4. The molecule has 2 aromatic heterocycles. The molecular weight excluding hydrogens is 350 g/mol. The van der Waals surface area contributed by atoms with E-state index in [0.29, 0.717) is 17.5 Å². The number of benzene rings is 1. The van der Waals surface area contributed by atoms with Crippen LogP contribution in [0.3, 0.4) is 0 Å². The van der Waals surface area contributed by atoms with Crippen LogP contribution in [-0.4, -0.2) is 15.7 Å². The summed E-state index contributed by atoms with van der Waals surface area (Å²) in [6.07, 6.45) is 4.73. The summed E-state index contributed by atoms with van der Waals surface area (Å²) in [5.74, 6) is 0.483. The smallest absolute Gasteiger partial charge is 0.244 e. The van der Waals surface area contributed by atoms with E-state index in [1.54, 1.807) is 23.1 Å². The van der Waals surface area contributed by atoms with Crippen LogP contribution in [0.2, 0.25) is 5.15 Å². The van der Waals surface area contributed by atoms with Gasteiger partial charge in [-0.2, -0.15) is 5.10 Å². The van der Waals surface area contributed by atoms with Crippen LogP contribution in [0, 0.1) is 6.92 Å². The minimum absolute atomic E-state index is 0.209. The van der Waals surface area contributed by atoms with Crippen molar-refractivity contribution in [1.82, 2.24) is 15.1 Å². The molecule has 0 aliphatic rings. The van der Waals surface area contributed by atoms with Gasteiger partial charge in [0, 0.05) is 11.6 Å². The van der Waals surface area contributed by atoms with Crippen molar-refractivity contribution in [1.29, 1.82) is 0 Å². The molecule has 0 fully saturated rings. The molecule has 1 N–H and O–H groups in total. The van der Waals surface area contributed by atoms with E-state index in [4.69, 9.17) is 16.0 Å². The van der Waals surface area contributed by atoms with Crippen LogP contribution in [0.5, 0.6) is 0 Å². The lowest BCUT2D eigenvalue weighted by molar-refractivity contribution is -0.117. The fourth-order valence-corrected chi connectivity index (χ4v) is 2.94. The molecule has 0 spiro atoms. The van der Waals surface area contributed by atoms with Crippen molar-refractivity contribution in [3.8, 4) is 0 Å². The third-order valence-corrected chi connectivity index (χ3v) is 4.41. The number of halogens is 1. The molecule has 0 saturated heterocycles. The number of carbonyl (C=O) groups is 1. The summed E-state index contributed by atoms with van der Waals surface area (Å²) in [4.78, 5) is 12.1. The first-order chi connectivity index (χ1) is 12.5. The number of nitrogens with zero attached hydrogens (tertiary/aromatic N) is 2. The zero-order chi connectivity index (χ0) is 18.5. The van der Waals surface area contributed by atoms with Crippen molar-refractivity contribution < 1.29 is 9.21 Å². The molecular formula is C20H20ClN3O2. The molecule has 26 heavy (non-hydrogen) atoms. The molecule has 1 aromatic carbocycles. The van der Waals surface area contributed by atoms with Crippen molar-refractivity contribution in [3.63, 3.8) is 0 Å². The van der Waals surface area contributed by atoms with Crippen molar-refractivity contribution in [2.75, 3.05) is 0 Å². The molecule has 0 radical (unpaired) electrons. The van der Waals surface area contributed by atoms with Gasteiger partial charge in [-0.05, 0) is 37.6 Å². The quantitative estimate of drug-likeness (QED) is 0.656. The third-order valence-electron chi connectivity index (χ3n) is 4.01. The topological polar surface area (TPSA) is 60.1 Å². The molecule has 3 aromatic rings. The van der Waals surface area contributed by atoms with Crippen molar-refractivity contribution >= 4 is 23.6 Å². The minimum Gasteiger partial charge on any atom is -0.467 e. The highest BCUT2D eigenvalue weighted by molar-refractivity contribution is 6.31. The number of rotatable bonds is 6. The summed E-state index contributed by atoms with van der Waals surface area (Å²) < 4.78 is 7.02. The Bertz CT molecular complexity index is 899. The van der Waals surface area contributed by atoms with Gasteiger partial charge < -0.3 is 9.73 Å². The Kier molecular flexibility index (Phi) is 5.58. The van der Waals surface area contributed by atoms with Crippen LogP contribution in [0.15, 0.2) is 59.2 Å². The molecule has 1 atom stereocenters. The van der Waals surface area contributed by atoms with Crippen LogP contribution in [0.1, 0.15) is 35.5 Å². The molecule has 3 rings (SSSR count). The monoisotopic (exact) mass is 369 g/mol. The van der Waals surface area contributed by atoms with E-state index in [9.17, 15) is 4.79 Å². The van der Waals surface area contributed by atoms with E-state index < -0.39 is 0 Å².